The number of aryl methyl sites for hydroxylation is 1. The van der Waals surface area contributed by atoms with Crippen LogP contribution >= 0.6 is 0 Å². The van der Waals surface area contributed by atoms with Gasteiger partial charge in [0.1, 0.15) is 5.69 Å². The quantitative estimate of drug-likeness (QED) is 0.708. The molecule has 0 fully saturated rings. The van der Waals surface area contributed by atoms with E-state index < -0.39 is 24.8 Å². The number of nitrogens with zero attached hydrogens (tertiary/aromatic N) is 2. The van der Waals surface area contributed by atoms with Crippen molar-refractivity contribution in [1.29, 1.82) is 0 Å². The number of rotatable bonds is 3. The lowest BCUT2D eigenvalue weighted by molar-refractivity contribution is -0.133. The fourth-order valence-corrected chi connectivity index (χ4v) is 0.940. The average Bonchev–Trinajstić information content (AvgIpc) is 2.46. The molecule has 0 aliphatic heterocycles. The Balaban J connectivity index is 2.52. The van der Waals surface area contributed by atoms with Crippen LogP contribution in [0.1, 0.15) is 23.3 Å². The molecule has 0 saturated heterocycles. The molecule has 1 rings (SSSR count). The predicted molar refractivity (Wildman–Crippen MR) is 42.8 cm³/mol. The van der Waals surface area contributed by atoms with Gasteiger partial charge in [-0.3, -0.25) is 4.79 Å². The summed E-state index contributed by atoms with van der Waals surface area (Å²) in [7, 11) is 1.65. The number of Topliss-reactive ketones (excluding diaryl/α,β-unsaturated/α-hetero) is 1. The van der Waals surface area contributed by atoms with Gasteiger partial charge < -0.3 is 4.57 Å². The van der Waals surface area contributed by atoms with E-state index in [0.29, 0.717) is 0 Å². The van der Waals surface area contributed by atoms with Crippen LogP contribution in [0.25, 0.3) is 0 Å². The number of hydrogen-bond acceptors (Lipinski definition) is 2. The molecule has 0 aliphatic carbocycles. The van der Waals surface area contributed by atoms with Gasteiger partial charge in [0.25, 0.3) is 0 Å². The lowest BCUT2D eigenvalue weighted by Crippen LogP contribution is -2.11. The second-order valence-corrected chi connectivity index (χ2v) is 2.96. The summed E-state index contributed by atoms with van der Waals surface area (Å²) in [5.74, 6) is -0.581. The summed E-state index contributed by atoms with van der Waals surface area (Å²) in [5, 5.41) is 0. The number of alkyl halides is 3. The third-order valence-electron chi connectivity index (χ3n) is 1.63. The van der Waals surface area contributed by atoms with Crippen molar-refractivity contribution in [3.8, 4) is 0 Å². The van der Waals surface area contributed by atoms with Crippen molar-refractivity contribution in [3.05, 3.63) is 18.2 Å². The van der Waals surface area contributed by atoms with Gasteiger partial charge in [-0.1, -0.05) is 0 Å². The zero-order valence-electron chi connectivity index (χ0n) is 7.51. The highest BCUT2D eigenvalue weighted by Gasteiger charge is 2.28. The number of halogens is 3. The number of hydrogen-bond donors (Lipinski definition) is 0. The van der Waals surface area contributed by atoms with Crippen molar-refractivity contribution in [3.63, 3.8) is 0 Å². The molecule has 0 N–H and O–H groups in total. The maximum absolute atomic E-state index is 11.8. The van der Waals surface area contributed by atoms with E-state index in [1.807, 2.05) is 0 Å². The molecule has 0 amide bonds. The Bertz CT molecular complexity index is 330. The van der Waals surface area contributed by atoms with E-state index in [1.165, 1.54) is 17.1 Å². The van der Waals surface area contributed by atoms with Crippen LogP contribution in [0, 0.1) is 0 Å². The third-order valence-corrected chi connectivity index (χ3v) is 1.63. The zero-order chi connectivity index (χ0) is 10.8. The minimum absolute atomic E-state index is 0.0803. The molecule has 1 aromatic heterocycles. The minimum Gasteiger partial charge on any atom is -0.340 e. The Kier molecular flexibility index (Phi) is 2.93. The standard InChI is InChI=1S/C8H9F3N2O/c1-13-4-6(12-5-13)7(14)2-3-8(9,10)11/h4-5H,2-3H2,1H3. The molecular weight excluding hydrogens is 197 g/mol. The first-order valence-electron chi connectivity index (χ1n) is 3.96. The van der Waals surface area contributed by atoms with Gasteiger partial charge in [-0.05, 0) is 0 Å². The van der Waals surface area contributed by atoms with E-state index in [0.717, 1.165) is 0 Å². The largest absolute Gasteiger partial charge is 0.389 e. The Morgan fingerprint density at radius 2 is 2.21 bits per heavy atom. The third kappa shape index (κ3) is 3.20. The van der Waals surface area contributed by atoms with Crippen LogP contribution in [0.15, 0.2) is 12.5 Å². The number of ketones is 1. The molecular formula is C8H9F3N2O. The maximum atomic E-state index is 11.8. The first-order chi connectivity index (χ1) is 6.38. The molecule has 0 aliphatic rings. The molecule has 0 unspecified atom stereocenters. The first-order valence-corrected chi connectivity index (χ1v) is 3.96. The summed E-state index contributed by atoms with van der Waals surface area (Å²) < 4.78 is 36.8. The molecule has 1 aromatic rings. The number of carbonyl (C=O) groups is 1. The second-order valence-electron chi connectivity index (χ2n) is 2.96. The monoisotopic (exact) mass is 206 g/mol. The molecule has 0 spiro atoms. The van der Waals surface area contributed by atoms with Crippen LogP contribution < -0.4 is 0 Å². The van der Waals surface area contributed by atoms with Crippen molar-refractivity contribution in [1.82, 2.24) is 9.55 Å². The van der Waals surface area contributed by atoms with Crippen LogP contribution in [-0.4, -0.2) is 21.5 Å². The molecule has 0 bridgehead atoms. The molecule has 0 radical (unpaired) electrons. The fraction of sp³-hybridized carbons (Fsp3) is 0.500. The van der Waals surface area contributed by atoms with Gasteiger partial charge in [0.15, 0.2) is 5.78 Å². The number of carbonyl (C=O) groups excluding carboxylic acids is 1. The van der Waals surface area contributed by atoms with Gasteiger partial charge in [-0.2, -0.15) is 13.2 Å². The number of aromatic nitrogens is 2. The highest BCUT2D eigenvalue weighted by molar-refractivity contribution is 5.93. The topological polar surface area (TPSA) is 34.9 Å². The second kappa shape index (κ2) is 3.81. The molecule has 6 heteroatoms. The molecule has 0 aromatic carbocycles. The Labute approximate surface area is 78.6 Å². The van der Waals surface area contributed by atoms with Crippen LogP contribution in [0.4, 0.5) is 13.2 Å². The lowest BCUT2D eigenvalue weighted by Gasteiger charge is -2.03. The first kappa shape index (κ1) is 10.7. The van der Waals surface area contributed by atoms with Crippen molar-refractivity contribution in [2.45, 2.75) is 19.0 Å². The van der Waals surface area contributed by atoms with E-state index in [-0.39, 0.29) is 5.69 Å². The molecule has 14 heavy (non-hydrogen) atoms. The van der Waals surface area contributed by atoms with Gasteiger partial charge in [-0.15, -0.1) is 0 Å². The van der Waals surface area contributed by atoms with Gasteiger partial charge in [0.2, 0.25) is 0 Å². The Morgan fingerprint density at radius 3 is 2.64 bits per heavy atom. The normalized spacial score (nSPS) is 11.7. The van der Waals surface area contributed by atoms with E-state index in [9.17, 15) is 18.0 Å². The molecule has 0 saturated carbocycles. The van der Waals surface area contributed by atoms with Crippen molar-refractivity contribution in [2.24, 2.45) is 7.05 Å². The van der Waals surface area contributed by atoms with E-state index in [1.54, 1.807) is 7.05 Å². The van der Waals surface area contributed by atoms with Gasteiger partial charge >= 0.3 is 6.18 Å². The van der Waals surface area contributed by atoms with Crippen molar-refractivity contribution in [2.75, 3.05) is 0 Å². The maximum Gasteiger partial charge on any atom is 0.389 e. The van der Waals surface area contributed by atoms with E-state index in [4.69, 9.17) is 0 Å². The molecule has 1 heterocycles. The Morgan fingerprint density at radius 1 is 1.57 bits per heavy atom. The lowest BCUT2D eigenvalue weighted by atomic mass is 10.2. The summed E-state index contributed by atoms with van der Waals surface area (Å²) in [4.78, 5) is 14.8. The summed E-state index contributed by atoms with van der Waals surface area (Å²) in [6.07, 6.45) is -3.15. The zero-order valence-corrected chi connectivity index (χ0v) is 7.51. The number of imidazole rings is 1. The minimum atomic E-state index is -4.29. The van der Waals surface area contributed by atoms with Gasteiger partial charge in [-0.25, -0.2) is 4.98 Å². The highest BCUT2D eigenvalue weighted by atomic mass is 19.4. The predicted octanol–water partition coefficient (Wildman–Crippen LogP) is 1.95. The SMILES string of the molecule is Cn1cnc(C(=O)CCC(F)(F)F)c1. The Hall–Kier alpha value is -1.33. The summed E-state index contributed by atoms with van der Waals surface area (Å²) in [6, 6.07) is 0. The highest BCUT2D eigenvalue weighted by Crippen LogP contribution is 2.22. The summed E-state index contributed by atoms with van der Waals surface area (Å²) in [6.45, 7) is 0. The fourth-order valence-electron chi connectivity index (χ4n) is 0.940. The van der Waals surface area contributed by atoms with Gasteiger partial charge in [0.05, 0.1) is 12.7 Å². The van der Waals surface area contributed by atoms with Crippen molar-refractivity contribution >= 4 is 5.78 Å². The molecule has 0 atom stereocenters. The summed E-state index contributed by atoms with van der Waals surface area (Å²) >= 11 is 0. The van der Waals surface area contributed by atoms with E-state index >= 15 is 0 Å². The molecule has 78 valence electrons. The summed E-state index contributed by atoms with van der Waals surface area (Å²) in [5.41, 5.74) is 0.0803. The van der Waals surface area contributed by atoms with Crippen molar-refractivity contribution < 1.29 is 18.0 Å². The van der Waals surface area contributed by atoms with E-state index in [2.05, 4.69) is 4.98 Å². The van der Waals surface area contributed by atoms with Crippen LogP contribution in [0.5, 0.6) is 0 Å². The van der Waals surface area contributed by atoms with Crippen LogP contribution in [0.2, 0.25) is 0 Å². The van der Waals surface area contributed by atoms with Crippen LogP contribution in [0.3, 0.4) is 0 Å². The van der Waals surface area contributed by atoms with Gasteiger partial charge in [0, 0.05) is 19.7 Å². The molecule has 3 nitrogen and oxygen atoms in total. The van der Waals surface area contributed by atoms with Crippen LogP contribution in [-0.2, 0) is 7.05 Å². The average molecular weight is 206 g/mol. The smallest absolute Gasteiger partial charge is 0.340 e.